The van der Waals surface area contributed by atoms with Gasteiger partial charge in [-0.05, 0) is 50.6 Å². The predicted molar refractivity (Wildman–Crippen MR) is 105 cm³/mol. The van der Waals surface area contributed by atoms with E-state index in [0.717, 1.165) is 28.2 Å². The van der Waals surface area contributed by atoms with Gasteiger partial charge in [-0.3, -0.25) is 4.79 Å². The number of amides is 1. The molecule has 2 aromatic carbocycles. The van der Waals surface area contributed by atoms with Gasteiger partial charge in [-0.15, -0.1) is 0 Å². The van der Waals surface area contributed by atoms with Gasteiger partial charge < -0.3 is 4.74 Å². The first kappa shape index (κ1) is 18.4. The Morgan fingerprint density at radius 3 is 2.67 bits per heavy atom. The Balaban J connectivity index is 1.61. The van der Waals surface area contributed by atoms with Crippen molar-refractivity contribution in [3.05, 3.63) is 77.1 Å². The first-order chi connectivity index (χ1) is 13.0. The zero-order chi connectivity index (χ0) is 19.2. The second kappa shape index (κ2) is 8.31. The molecule has 138 valence electrons. The van der Waals surface area contributed by atoms with Crippen LogP contribution in [0.1, 0.15) is 22.5 Å². The average Bonchev–Trinajstić information content (AvgIpc) is 2.95. The van der Waals surface area contributed by atoms with Crippen molar-refractivity contribution in [2.75, 3.05) is 6.61 Å². The number of hydrogen-bond donors (Lipinski definition) is 1. The quantitative estimate of drug-likeness (QED) is 0.540. The number of carbonyl (C=O) groups excluding carboxylic acids is 1. The Labute approximate surface area is 158 Å². The van der Waals surface area contributed by atoms with Crippen LogP contribution in [0.3, 0.4) is 0 Å². The smallest absolute Gasteiger partial charge is 0.277 e. The molecule has 6 heteroatoms. The SMILES string of the molecule is Cc1cccc(OCC(=O)N/N=C/c2c(C)nn(-c3ccccc3)c2C)c1. The van der Waals surface area contributed by atoms with E-state index in [2.05, 4.69) is 15.6 Å². The maximum absolute atomic E-state index is 11.9. The second-order valence-corrected chi connectivity index (χ2v) is 6.23. The van der Waals surface area contributed by atoms with Crippen molar-refractivity contribution >= 4 is 12.1 Å². The summed E-state index contributed by atoms with van der Waals surface area (Å²) in [4.78, 5) is 11.9. The molecule has 3 aromatic rings. The van der Waals surface area contributed by atoms with Crippen LogP contribution in [-0.2, 0) is 4.79 Å². The maximum Gasteiger partial charge on any atom is 0.277 e. The number of nitrogens with one attached hydrogen (secondary N) is 1. The molecule has 0 radical (unpaired) electrons. The Bertz CT molecular complexity index is 962. The number of nitrogens with zero attached hydrogens (tertiary/aromatic N) is 3. The minimum atomic E-state index is -0.321. The van der Waals surface area contributed by atoms with Gasteiger partial charge in [0, 0.05) is 5.56 Å². The lowest BCUT2D eigenvalue weighted by Crippen LogP contribution is -2.24. The Morgan fingerprint density at radius 2 is 1.93 bits per heavy atom. The van der Waals surface area contributed by atoms with Gasteiger partial charge >= 0.3 is 0 Å². The third-order valence-electron chi connectivity index (χ3n) is 4.09. The van der Waals surface area contributed by atoms with Gasteiger partial charge in [0.15, 0.2) is 6.61 Å². The average molecular weight is 362 g/mol. The van der Waals surface area contributed by atoms with Crippen LogP contribution in [0.4, 0.5) is 0 Å². The predicted octanol–water partition coefficient (Wildman–Crippen LogP) is 3.33. The van der Waals surface area contributed by atoms with E-state index in [9.17, 15) is 4.79 Å². The van der Waals surface area contributed by atoms with Crippen molar-refractivity contribution in [2.45, 2.75) is 20.8 Å². The normalized spacial score (nSPS) is 10.9. The monoisotopic (exact) mass is 362 g/mol. The summed E-state index contributed by atoms with van der Waals surface area (Å²) in [5.41, 5.74) is 7.21. The van der Waals surface area contributed by atoms with Crippen LogP contribution in [0.2, 0.25) is 0 Å². The Morgan fingerprint density at radius 1 is 1.15 bits per heavy atom. The Hall–Kier alpha value is -3.41. The number of benzene rings is 2. The van der Waals surface area contributed by atoms with Crippen LogP contribution < -0.4 is 10.2 Å². The molecule has 0 aliphatic rings. The summed E-state index contributed by atoms with van der Waals surface area (Å²) in [7, 11) is 0. The number of hydrogen-bond acceptors (Lipinski definition) is 4. The largest absolute Gasteiger partial charge is 0.484 e. The zero-order valence-corrected chi connectivity index (χ0v) is 15.6. The fraction of sp³-hybridized carbons (Fsp3) is 0.190. The van der Waals surface area contributed by atoms with Gasteiger partial charge in [0.25, 0.3) is 5.91 Å². The van der Waals surface area contributed by atoms with Crippen LogP contribution in [0.15, 0.2) is 59.7 Å². The first-order valence-electron chi connectivity index (χ1n) is 8.67. The lowest BCUT2D eigenvalue weighted by Gasteiger charge is -2.05. The minimum absolute atomic E-state index is 0.0952. The highest BCUT2D eigenvalue weighted by molar-refractivity contribution is 5.85. The summed E-state index contributed by atoms with van der Waals surface area (Å²) in [6.07, 6.45) is 1.61. The van der Waals surface area contributed by atoms with E-state index in [0.29, 0.717) is 5.75 Å². The lowest BCUT2D eigenvalue weighted by molar-refractivity contribution is -0.123. The molecule has 0 saturated carbocycles. The highest BCUT2D eigenvalue weighted by Gasteiger charge is 2.11. The zero-order valence-electron chi connectivity index (χ0n) is 15.6. The van der Waals surface area contributed by atoms with Crippen molar-refractivity contribution in [1.82, 2.24) is 15.2 Å². The summed E-state index contributed by atoms with van der Waals surface area (Å²) in [5, 5.41) is 8.59. The third-order valence-corrected chi connectivity index (χ3v) is 4.09. The molecular weight excluding hydrogens is 340 g/mol. The number of aromatic nitrogens is 2. The van der Waals surface area contributed by atoms with Gasteiger partial charge in [0.2, 0.25) is 0 Å². The van der Waals surface area contributed by atoms with Crippen molar-refractivity contribution < 1.29 is 9.53 Å². The van der Waals surface area contributed by atoms with Crippen molar-refractivity contribution in [2.24, 2.45) is 5.10 Å². The molecular formula is C21H22N4O2. The molecule has 27 heavy (non-hydrogen) atoms. The molecule has 3 rings (SSSR count). The van der Waals surface area contributed by atoms with Crippen molar-refractivity contribution in [3.63, 3.8) is 0 Å². The molecule has 0 atom stereocenters. The summed E-state index contributed by atoms with van der Waals surface area (Å²) in [5.74, 6) is 0.337. The molecule has 0 spiro atoms. The molecule has 0 saturated heterocycles. The van der Waals surface area contributed by atoms with Crippen LogP contribution in [0.25, 0.3) is 5.69 Å². The number of aryl methyl sites for hydroxylation is 2. The van der Waals surface area contributed by atoms with Gasteiger partial charge in [0.05, 0.1) is 23.3 Å². The third kappa shape index (κ3) is 4.61. The van der Waals surface area contributed by atoms with E-state index in [1.807, 2.05) is 80.1 Å². The highest BCUT2D eigenvalue weighted by Crippen LogP contribution is 2.16. The highest BCUT2D eigenvalue weighted by atomic mass is 16.5. The first-order valence-corrected chi connectivity index (χ1v) is 8.67. The molecule has 0 fully saturated rings. The molecule has 0 unspecified atom stereocenters. The van der Waals surface area contributed by atoms with Gasteiger partial charge in [-0.1, -0.05) is 30.3 Å². The Kier molecular flexibility index (Phi) is 5.66. The van der Waals surface area contributed by atoms with Gasteiger partial charge in [0.1, 0.15) is 5.75 Å². The number of para-hydroxylation sites is 1. The second-order valence-electron chi connectivity index (χ2n) is 6.23. The molecule has 1 N–H and O–H groups in total. The summed E-state index contributed by atoms with van der Waals surface area (Å²) < 4.78 is 7.32. The molecule has 1 heterocycles. The maximum atomic E-state index is 11.9. The molecule has 0 aliphatic heterocycles. The molecule has 6 nitrogen and oxygen atoms in total. The van der Waals surface area contributed by atoms with E-state index < -0.39 is 0 Å². The fourth-order valence-corrected chi connectivity index (χ4v) is 2.72. The van der Waals surface area contributed by atoms with E-state index in [4.69, 9.17) is 4.74 Å². The van der Waals surface area contributed by atoms with Gasteiger partial charge in [-0.2, -0.15) is 10.2 Å². The summed E-state index contributed by atoms with van der Waals surface area (Å²) >= 11 is 0. The standard InChI is InChI=1S/C21H22N4O2/c1-15-8-7-11-19(12-15)27-14-21(26)23-22-13-20-16(2)24-25(17(20)3)18-9-5-4-6-10-18/h4-13H,14H2,1-3H3,(H,23,26)/b22-13+. The van der Waals surface area contributed by atoms with E-state index in [1.54, 1.807) is 6.21 Å². The number of rotatable bonds is 6. The van der Waals surface area contributed by atoms with E-state index >= 15 is 0 Å². The van der Waals surface area contributed by atoms with Crippen molar-refractivity contribution in [1.29, 1.82) is 0 Å². The molecule has 1 aromatic heterocycles. The molecule has 0 aliphatic carbocycles. The van der Waals surface area contributed by atoms with Crippen LogP contribution >= 0.6 is 0 Å². The van der Waals surface area contributed by atoms with Gasteiger partial charge in [-0.25, -0.2) is 10.1 Å². The lowest BCUT2D eigenvalue weighted by atomic mass is 10.2. The number of carbonyl (C=O) groups is 1. The topological polar surface area (TPSA) is 68.5 Å². The fourth-order valence-electron chi connectivity index (χ4n) is 2.72. The number of hydrazone groups is 1. The van der Waals surface area contributed by atoms with Crippen molar-refractivity contribution in [3.8, 4) is 11.4 Å². The van der Waals surface area contributed by atoms with E-state index in [1.165, 1.54) is 0 Å². The summed E-state index contributed by atoms with van der Waals surface area (Å²) in [6, 6.07) is 17.4. The minimum Gasteiger partial charge on any atom is -0.484 e. The van der Waals surface area contributed by atoms with E-state index in [-0.39, 0.29) is 12.5 Å². The number of ether oxygens (including phenoxy) is 1. The van der Waals surface area contributed by atoms with Crippen LogP contribution in [0.5, 0.6) is 5.75 Å². The molecule has 1 amide bonds. The molecule has 0 bridgehead atoms. The van der Waals surface area contributed by atoms with Crippen LogP contribution in [0, 0.1) is 20.8 Å². The van der Waals surface area contributed by atoms with Crippen LogP contribution in [-0.4, -0.2) is 28.5 Å². The summed E-state index contributed by atoms with van der Waals surface area (Å²) in [6.45, 7) is 5.76.